The minimum absolute atomic E-state index is 0.137. The van der Waals surface area contributed by atoms with Gasteiger partial charge in [-0.2, -0.15) is 0 Å². The Morgan fingerprint density at radius 1 is 1.09 bits per heavy atom. The number of aliphatic hydroxyl groups excluding tert-OH is 1. The number of rotatable bonds is 12. The Kier molecular flexibility index (Phi) is 8.55. The Morgan fingerprint density at radius 3 is 2.47 bits per heavy atom. The van der Waals surface area contributed by atoms with Gasteiger partial charge in [0, 0.05) is 13.1 Å². The molecule has 2 aromatic heterocycles. The molecular weight excluding hydrogens is 461 g/mol. The molecule has 2 aliphatic rings. The third kappa shape index (κ3) is 5.61. The van der Waals surface area contributed by atoms with Crippen molar-refractivity contribution in [3.63, 3.8) is 0 Å². The molecule has 11 nitrogen and oxygen atoms in total. The molecule has 12 heteroatoms. The van der Waals surface area contributed by atoms with Crippen LogP contribution in [0.4, 0.5) is 5.82 Å². The average Bonchev–Trinajstić information content (AvgIpc) is 3.38. The van der Waals surface area contributed by atoms with Crippen molar-refractivity contribution in [2.75, 3.05) is 24.6 Å². The highest BCUT2D eigenvalue weighted by molar-refractivity contribution is 7.47. The monoisotopic (exact) mass is 497 g/mol. The van der Waals surface area contributed by atoms with Gasteiger partial charge >= 0.3 is 7.82 Å². The molecular formula is C22H36N5O6P. The molecule has 0 amide bonds. The van der Waals surface area contributed by atoms with Crippen LogP contribution >= 0.6 is 7.82 Å². The number of nitrogens with zero attached hydrogens (tertiary/aromatic N) is 5. The molecule has 2 N–H and O–H groups in total. The molecule has 190 valence electrons. The highest BCUT2D eigenvalue weighted by Crippen LogP contribution is 2.52. The fourth-order valence-electron chi connectivity index (χ4n) is 4.61. The minimum atomic E-state index is -4.20. The van der Waals surface area contributed by atoms with E-state index >= 15 is 0 Å². The molecule has 2 aliphatic heterocycles. The molecule has 0 aromatic carbocycles. The van der Waals surface area contributed by atoms with Crippen LogP contribution in [-0.4, -0.2) is 67.5 Å². The van der Waals surface area contributed by atoms with Gasteiger partial charge in [0.1, 0.15) is 24.6 Å². The maximum Gasteiger partial charge on any atom is 0.472 e. The lowest BCUT2D eigenvalue weighted by molar-refractivity contribution is -0.0664. The summed E-state index contributed by atoms with van der Waals surface area (Å²) < 4.78 is 29.3. The van der Waals surface area contributed by atoms with E-state index in [0.717, 1.165) is 31.7 Å². The number of fused-ring (bicyclic) bond motifs is 2. The first-order valence-corrected chi connectivity index (χ1v) is 13.9. The summed E-state index contributed by atoms with van der Waals surface area (Å²) >= 11 is 0. The van der Waals surface area contributed by atoms with Crippen LogP contribution < -0.4 is 4.90 Å². The van der Waals surface area contributed by atoms with Crippen molar-refractivity contribution in [1.82, 2.24) is 19.5 Å². The van der Waals surface area contributed by atoms with Gasteiger partial charge in [0.2, 0.25) is 0 Å². The number of phosphoric ester groups is 1. The normalized spacial score (nSPS) is 28.9. The second-order valence-corrected chi connectivity index (χ2v) is 10.4. The summed E-state index contributed by atoms with van der Waals surface area (Å²) in [6.07, 6.45) is 8.71. The molecule has 2 fully saturated rings. The summed E-state index contributed by atoms with van der Waals surface area (Å²) in [6.45, 7) is 6.07. The van der Waals surface area contributed by atoms with Crippen LogP contribution in [0.3, 0.4) is 0 Å². The molecule has 0 bridgehead atoms. The largest absolute Gasteiger partial charge is 0.472 e. The minimum Gasteiger partial charge on any atom is -0.386 e. The van der Waals surface area contributed by atoms with Crippen LogP contribution in [0, 0.1) is 0 Å². The highest BCUT2D eigenvalue weighted by atomic mass is 31.2. The first-order valence-electron chi connectivity index (χ1n) is 12.4. The predicted molar refractivity (Wildman–Crippen MR) is 126 cm³/mol. The Labute approximate surface area is 200 Å². The van der Waals surface area contributed by atoms with Crippen molar-refractivity contribution < 1.29 is 28.3 Å². The summed E-state index contributed by atoms with van der Waals surface area (Å²) in [5.74, 6) is 0.779. The van der Waals surface area contributed by atoms with Crippen molar-refractivity contribution in [3.8, 4) is 0 Å². The zero-order valence-electron chi connectivity index (χ0n) is 20.0. The van der Waals surface area contributed by atoms with Crippen LogP contribution in [0.1, 0.15) is 71.4 Å². The van der Waals surface area contributed by atoms with Crippen LogP contribution in [0.15, 0.2) is 12.7 Å². The van der Waals surface area contributed by atoms with Crippen LogP contribution in [0.25, 0.3) is 11.2 Å². The molecule has 2 saturated heterocycles. The van der Waals surface area contributed by atoms with E-state index in [0.29, 0.717) is 11.2 Å². The van der Waals surface area contributed by atoms with Crippen molar-refractivity contribution >= 4 is 24.8 Å². The SMILES string of the molecule is CCCCCCN(CCCCCC)c1ncnc2c1ncn2[C@@H]1O[C@@H]2COP(=O)(O)O[C@H]2[C@H]1O. The Balaban J connectivity index is 1.56. The Bertz CT molecular complexity index is 978. The average molecular weight is 498 g/mol. The van der Waals surface area contributed by atoms with Crippen molar-refractivity contribution in [3.05, 3.63) is 12.7 Å². The molecule has 34 heavy (non-hydrogen) atoms. The van der Waals surface area contributed by atoms with Crippen molar-refractivity contribution in [2.24, 2.45) is 0 Å². The number of ether oxygens (including phenoxy) is 1. The molecule has 0 aliphatic carbocycles. The Morgan fingerprint density at radius 2 is 1.79 bits per heavy atom. The fourth-order valence-corrected chi connectivity index (χ4v) is 5.57. The van der Waals surface area contributed by atoms with Crippen LogP contribution in [0.2, 0.25) is 0 Å². The van der Waals surface area contributed by atoms with E-state index < -0.39 is 32.4 Å². The number of aromatic nitrogens is 4. The van der Waals surface area contributed by atoms with E-state index in [1.165, 1.54) is 44.9 Å². The number of phosphoric acid groups is 1. The summed E-state index contributed by atoms with van der Waals surface area (Å²) in [7, 11) is -4.20. The van der Waals surface area contributed by atoms with Crippen LogP contribution in [0.5, 0.6) is 0 Å². The summed E-state index contributed by atoms with van der Waals surface area (Å²) in [4.78, 5) is 25.5. The Hall–Kier alpha value is -1.62. The van der Waals surface area contributed by atoms with E-state index in [9.17, 15) is 14.6 Å². The zero-order chi connectivity index (χ0) is 24.1. The second-order valence-electron chi connectivity index (χ2n) is 9.02. The molecule has 0 radical (unpaired) electrons. The third-order valence-electron chi connectivity index (χ3n) is 6.44. The smallest absolute Gasteiger partial charge is 0.386 e. The fraction of sp³-hybridized carbons (Fsp3) is 0.773. The van der Waals surface area contributed by atoms with Crippen molar-refractivity contribution in [2.45, 2.75) is 89.8 Å². The van der Waals surface area contributed by atoms with E-state index in [-0.39, 0.29) is 6.61 Å². The maximum atomic E-state index is 11.8. The van der Waals surface area contributed by atoms with Gasteiger partial charge in [0.05, 0.1) is 12.9 Å². The standard InChI is InChI=1S/C22H36N5O6P/c1-3-5-7-9-11-26(12-10-8-6-4-2)20-17-21(24-14-23-20)27(15-25-17)22-18(28)19-16(32-22)13-31-34(29,30)33-19/h14-16,18-19,22,28H,3-13H2,1-2H3,(H,29,30)/t16-,18-,19-,22-/m1/s1. The van der Waals surface area contributed by atoms with E-state index in [4.69, 9.17) is 13.8 Å². The summed E-state index contributed by atoms with van der Waals surface area (Å²) in [5.41, 5.74) is 1.18. The van der Waals surface area contributed by atoms with Gasteiger partial charge in [-0.3, -0.25) is 13.6 Å². The van der Waals surface area contributed by atoms with E-state index in [1.54, 1.807) is 10.9 Å². The van der Waals surface area contributed by atoms with Gasteiger partial charge in [-0.1, -0.05) is 52.4 Å². The van der Waals surface area contributed by atoms with Crippen LogP contribution in [-0.2, 0) is 18.3 Å². The molecule has 5 atom stereocenters. The summed E-state index contributed by atoms with van der Waals surface area (Å²) in [6, 6.07) is 0. The van der Waals surface area contributed by atoms with Gasteiger partial charge in [-0.15, -0.1) is 0 Å². The highest BCUT2D eigenvalue weighted by Gasteiger charge is 2.52. The van der Waals surface area contributed by atoms with E-state index in [2.05, 4.69) is 33.7 Å². The number of aliphatic hydroxyl groups is 1. The topological polar surface area (TPSA) is 132 Å². The lowest BCUT2D eigenvalue weighted by Gasteiger charge is -2.27. The lowest BCUT2D eigenvalue weighted by atomic mass is 10.1. The summed E-state index contributed by atoms with van der Waals surface area (Å²) in [5, 5.41) is 10.8. The number of hydrogen-bond acceptors (Lipinski definition) is 9. The lowest BCUT2D eigenvalue weighted by Crippen LogP contribution is -2.39. The quantitative estimate of drug-likeness (QED) is 0.331. The molecule has 0 spiro atoms. The van der Waals surface area contributed by atoms with Gasteiger partial charge in [-0.05, 0) is 12.8 Å². The van der Waals surface area contributed by atoms with E-state index in [1.807, 2.05) is 0 Å². The van der Waals surface area contributed by atoms with Gasteiger partial charge in [-0.25, -0.2) is 19.5 Å². The maximum absolute atomic E-state index is 11.8. The van der Waals surface area contributed by atoms with Gasteiger partial charge in [0.25, 0.3) is 0 Å². The molecule has 4 heterocycles. The number of hydrogen-bond donors (Lipinski definition) is 2. The number of unbranched alkanes of at least 4 members (excludes halogenated alkanes) is 6. The van der Waals surface area contributed by atoms with Gasteiger partial charge in [0.15, 0.2) is 23.2 Å². The second kappa shape index (κ2) is 11.4. The predicted octanol–water partition coefficient (Wildman–Crippen LogP) is 3.57. The van der Waals surface area contributed by atoms with Crippen molar-refractivity contribution in [1.29, 1.82) is 0 Å². The number of imidazole rings is 1. The van der Waals surface area contributed by atoms with Gasteiger partial charge < -0.3 is 19.6 Å². The molecule has 1 unspecified atom stereocenters. The molecule has 0 saturated carbocycles. The molecule has 4 rings (SSSR count). The first-order chi connectivity index (χ1) is 16.4. The number of anilines is 1. The first kappa shape index (κ1) is 25.5. The third-order valence-corrected chi connectivity index (χ3v) is 7.43. The zero-order valence-corrected chi connectivity index (χ0v) is 20.8. The molecule has 2 aromatic rings.